The van der Waals surface area contributed by atoms with Crippen molar-refractivity contribution in [3.05, 3.63) is 0 Å². The van der Waals surface area contributed by atoms with Crippen LogP contribution in [0.3, 0.4) is 0 Å². The molecule has 0 aliphatic rings. The molecule has 0 heterocycles. The summed E-state index contributed by atoms with van der Waals surface area (Å²) in [5.74, 6) is 4.95. The van der Waals surface area contributed by atoms with Gasteiger partial charge in [0, 0.05) is 0 Å². The van der Waals surface area contributed by atoms with Crippen LogP contribution in [0.4, 0.5) is 0 Å². The molecule has 0 unspecified atom stereocenters. The van der Waals surface area contributed by atoms with E-state index >= 15 is 0 Å². The third-order valence-electron chi connectivity index (χ3n) is 0.844. The van der Waals surface area contributed by atoms with Crippen LogP contribution in [0, 0.1) is 0 Å². The fourth-order valence-electron chi connectivity index (χ4n) is 0.155. The van der Waals surface area contributed by atoms with Crippen LogP contribution in [0.15, 0.2) is 8.31 Å². The van der Waals surface area contributed by atoms with Gasteiger partial charge < -0.3 is 5.84 Å². The lowest BCUT2D eigenvalue weighted by Gasteiger charge is -1.90. The molecule has 0 spiro atoms. The second-order valence-electron chi connectivity index (χ2n) is 1.38. The summed E-state index contributed by atoms with van der Waals surface area (Å²) in [6.07, 6.45) is 0. The van der Waals surface area contributed by atoms with Gasteiger partial charge in [-0.05, 0) is 13.8 Å². The van der Waals surface area contributed by atoms with Gasteiger partial charge >= 0.3 is 0 Å². The highest BCUT2D eigenvalue weighted by Gasteiger charge is 1.91. The van der Waals surface area contributed by atoms with Gasteiger partial charge in [0.05, 0.1) is 34.3 Å². The van der Waals surface area contributed by atoms with E-state index in [0.717, 1.165) is 11.4 Å². The van der Waals surface area contributed by atoms with Crippen LogP contribution in [0.5, 0.6) is 0 Å². The van der Waals surface area contributed by atoms with Gasteiger partial charge in [0.1, 0.15) is 0 Å². The SMILES string of the molecule is CC(=NI)/C(C)=N/N. The first-order chi connectivity index (χ1) is 3.72. The molecule has 0 rings (SSSR count). The van der Waals surface area contributed by atoms with Gasteiger partial charge in [-0.3, -0.25) is 0 Å². The summed E-state index contributed by atoms with van der Waals surface area (Å²) >= 11 is 1.90. The lowest BCUT2D eigenvalue weighted by Crippen LogP contribution is -2.06. The predicted octanol–water partition coefficient (Wildman–Crippen LogP) is 1.13. The Labute approximate surface area is 62.6 Å². The highest BCUT2D eigenvalue weighted by atomic mass is 127. The minimum atomic E-state index is 0.777. The molecule has 0 amide bonds. The number of nitrogens with two attached hydrogens (primary N) is 1. The predicted molar refractivity (Wildman–Crippen MR) is 44.4 cm³/mol. The maximum atomic E-state index is 4.95. The van der Waals surface area contributed by atoms with Crippen LogP contribution in [0.25, 0.3) is 0 Å². The summed E-state index contributed by atoms with van der Waals surface area (Å²) < 4.78 is 3.84. The Morgan fingerprint density at radius 1 is 1.38 bits per heavy atom. The Balaban J connectivity index is 4.04. The lowest BCUT2D eigenvalue weighted by atomic mass is 10.3. The zero-order chi connectivity index (χ0) is 6.57. The van der Waals surface area contributed by atoms with E-state index in [1.54, 1.807) is 0 Å². The molecule has 0 saturated carbocycles. The van der Waals surface area contributed by atoms with E-state index in [1.807, 2.05) is 36.7 Å². The van der Waals surface area contributed by atoms with Gasteiger partial charge in [0.25, 0.3) is 0 Å². The number of hydrazone groups is 1. The minimum absolute atomic E-state index is 0.777. The molecule has 0 fully saturated rings. The highest BCUT2D eigenvalue weighted by molar-refractivity contribution is 14.1. The number of hydrogen-bond acceptors (Lipinski definition) is 3. The highest BCUT2D eigenvalue weighted by Crippen LogP contribution is 1.88. The fourth-order valence-corrected chi connectivity index (χ4v) is 0.504. The standard InChI is InChI=1S/C4H8IN3/c1-3(7-5)4(2)8-6/h6H2,1-2H3/b7-3?,8-4+. The molecule has 8 heavy (non-hydrogen) atoms. The molecule has 0 saturated heterocycles. The van der Waals surface area contributed by atoms with E-state index < -0.39 is 0 Å². The molecule has 3 nitrogen and oxygen atoms in total. The van der Waals surface area contributed by atoms with Crippen molar-refractivity contribution in [2.75, 3.05) is 0 Å². The monoisotopic (exact) mass is 225 g/mol. The molecule has 0 atom stereocenters. The molecule has 0 radical (unpaired) electrons. The molecular formula is C4H8IN3. The second kappa shape index (κ2) is 3.82. The van der Waals surface area contributed by atoms with Gasteiger partial charge in [-0.15, -0.1) is 0 Å². The van der Waals surface area contributed by atoms with E-state index in [4.69, 9.17) is 5.84 Å². The Morgan fingerprint density at radius 3 is 2.00 bits per heavy atom. The second-order valence-corrected chi connectivity index (χ2v) is 1.87. The van der Waals surface area contributed by atoms with Crippen LogP contribution in [-0.4, -0.2) is 11.4 Å². The molecule has 0 aromatic carbocycles. The van der Waals surface area contributed by atoms with Crippen LogP contribution < -0.4 is 5.84 Å². The number of hydrogen-bond donors (Lipinski definition) is 1. The maximum Gasteiger partial charge on any atom is 0.0834 e. The average Bonchev–Trinajstić information content (AvgIpc) is 1.84. The Kier molecular flexibility index (Phi) is 3.76. The summed E-state index contributed by atoms with van der Waals surface area (Å²) in [6, 6.07) is 0. The molecule has 46 valence electrons. The summed E-state index contributed by atoms with van der Waals surface area (Å²) in [4.78, 5) is 0. The number of nitrogens with zero attached hydrogens (tertiary/aromatic N) is 2. The molecule has 0 bridgehead atoms. The Hall–Kier alpha value is -0.130. The fraction of sp³-hybridized carbons (Fsp3) is 0.500. The molecule has 0 aliphatic heterocycles. The smallest absolute Gasteiger partial charge is 0.0834 e. The first-order valence-corrected chi connectivity index (χ1v) is 3.09. The topological polar surface area (TPSA) is 50.7 Å². The van der Waals surface area contributed by atoms with Crippen LogP contribution in [0.1, 0.15) is 13.8 Å². The number of rotatable bonds is 1. The molecule has 0 aromatic heterocycles. The zero-order valence-electron chi connectivity index (χ0n) is 4.85. The third-order valence-corrected chi connectivity index (χ3v) is 1.57. The first-order valence-electron chi connectivity index (χ1n) is 2.12. The normalized spacial score (nSPS) is 14.4. The van der Waals surface area contributed by atoms with Crippen LogP contribution in [-0.2, 0) is 0 Å². The van der Waals surface area contributed by atoms with E-state index in [-0.39, 0.29) is 0 Å². The van der Waals surface area contributed by atoms with Crippen molar-refractivity contribution >= 4 is 34.3 Å². The summed E-state index contributed by atoms with van der Waals surface area (Å²) in [5, 5.41) is 3.44. The van der Waals surface area contributed by atoms with E-state index in [2.05, 4.69) is 8.31 Å². The van der Waals surface area contributed by atoms with Crippen molar-refractivity contribution in [1.29, 1.82) is 0 Å². The molecule has 2 N–H and O–H groups in total. The van der Waals surface area contributed by atoms with Crippen molar-refractivity contribution in [3.63, 3.8) is 0 Å². The Bertz CT molecular complexity index is 111. The van der Waals surface area contributed by atoms with E-state index in [0.29, 0.717) is 0 Å². The van der Waals surface area contributed by atoms with E-state index in [1.165, 1.54) is 0 Å². The summed E-state index contributed by atoms with van der Waals surface area (Å²) in [7, 11) is 0. The molecule has 4 heteroatoms. The Morgan fingerprint density at radius 2 is 1.88 bits per heavy atom. The lowest BCUT2D eigenvalue weighted by molar-refractivity contribution is 1.25. The van der Waals surface area contributed by atoms with Crippen molar-refractivity contribution in [2.45, 2.75) is 13.8 Å². The van der Waals surface area contributed by atoms with Gasteiger partial charge in [0.15, 0.2) is 0 Å². The van der Waals surface area contributed by atoms with Crippen molar-refractivity contribution in [3.8, 4) is 0 Å². The summed E-state index contributed by atoms with van der Waals surface area (Å²) in [5.41, 5.74) is 1.65. The summed E-state index contributed by atoms with van der Waals surface area (Å²) in [6.45, 7) is 3.68. The van der Waals surface area contributed by atoms with Gasteiger partial charge in [-0.1, -0.05) is 0 Å². The first kappa shape index (κ1) is 7.87. The average molecular weight is 225 g/mol. The maximum absolute atomic E-state index is 4.95. The quantitative estimate of drug-likeness (QED) is 0.309. The van der Waals surface area contributed by atoms with Crippen molar-refractivity contribution in [2.24, 2.45) is 14.1 Å². The van der Waals surface area contributed by atoms with Gasteiger partial charge in [0.2, 0.25) is 0 Å². The largest absolute Gasteiger partial charge is 0.323 e. The van der Waals surface area contributed by atoms with E-state index in [9.17, 15) is 0 Å². The number of halogens is 1. The van der Waals surface area contributed by atoms with Crippen LogP contribution in [0.2, 0.25) is 0 Å². The molecule has 0 aliphatic carbocycles. The van der Waals surface area contributed by atoms with Gasteiger partial charge in [-0.2, -0.15) is 5.10 Å². The minimum Gasteiger partial charge on any atom is -0.323 e. The van der Waals surface area contributed by atoms with Crippen LogP contribution >= 0.6 is 22.9 Å². The molecular weight excluding hydrogens is 217 g/mol. The van der Waals surface area contributed by atoms with Gasteiger partial charge in [-0.25, -0.2) is 3.21 Å². The van der Waals surface area contributed by atoms with Crippen molar-refractivity contribution < 1.29 is 0 Å². The molecule has 0 aromatic rings. The third kappa shape index (κ3) is 2.25. The van der Waals surface area contributed by atoms with Crippen molar-refractivity contribution in [1.82, 2.24) is 0 Å². The zero-order valence-corrected chi connectivity index (χ0v) is 7.01.